The molecule has 164 valence electrons. The summed E-state index contributed by atoms with van der Waals surface area (Å²) >= 11 is 0. The molecule has 2 fully saturated rings. The number of rotatable bonds is 5. The minimum absolute atomic E-state index is 0.111. The van der Waals surface area contributed by atoms with Crippen LogP contribution in [0.5, 0.6) is 0 Å². The molecule has 3 aromatic rings. The van der Waals surface area contributed by atoms with Crippen molar-refractivity contribution in [2.24, 2.45) is 0 Å². The van der Waals surface area contributed by atoms with Gasteiger partial charge < -0.3 is 4.90 Å². The van der Waals surface area contributed by atoms with Gasteiger partial charge in [-0.2, -0.15) is 0 Å². The second kappa shape index (κ2) is 9.61. The largest absolute Gasteiger partial charge is 0.339 e. The van der Waals surface area contributed by atoms with Crippen molar-refractivity contribution in [1.82, 2.24) is 25.6 Å². The van der Waals surface area contributed by atoms with Crippen molar-refractivity contribution in [1.29, 1.82) is 0 Å². The third kappa shape index (κ3) is 4.43. The van der Waals surface area contributed by atoms with Crippen molar-refractivity contribution in [3.05, 3.63) is 102 Å². The zero-order valence-electron chi connectivity index (χ0n) is 18.1. The summed E-state index contributed by atoms with van der Waals surface area (Å²) in [7, 11) is 0. The van der Waals surface area contributed by atoms with Crippen molar-refractivity contribution in [2.45, 2.75) is 24.5 Å². The van der Waals surface area contributed by atoms with Crippen LogP contribution < -0.4 is 10.9 Å². The van der Waals surface area contributed by atoms with Crippen LogP contribution in [-0.4, -0.2) is 52.9 Å². The molecule has 1 aromatic heterocycles. The summed E-state index contributed by atoms with van der Waals surface area (Å²) in [5.74, 6) is 0.180. The Morgan fingerprint density at radius 2 is 1.50 bits per heavy atom. The molecule has 0 spiro atoms. The van der Waals surface area contributed by atoms with E-state index in [0.29, 0.717) is 0 Å². The molecule has 6 nitrogen and oxygen atoms in total. The van der Waals surface area contributed by atoms with Crippen LogP contribution in [0.4, 0.5) is 0 Å². The zero-order chi connectivity index (χ0) is 21.8. The van der Waals surface area contributed by atoms with Crippen molar-refractivity contribution in [3.8, 4) is 0 Å². The van der Waals surface area contributed by atoms with Gasteiger partial charge >= 0.3 is 0 Å². The highest BCUT2D eigenvalue weighted by atomic mass is 16.2. The van der Waals surface area contributed by atoms with Gasteiger partial charge in [0.05, 0.1) is 6.04 Å². The van der Waals surface area contributed by atoms with Crippen LogP contribution in [0, 0.1) is 0 Å². The third-order valence-corrected chi connectivity index (χ3v) is 6.51. The Kier molecular flexibility index (Phi) is 6.25. The Bertz CT molecular complexity index is 967. The van der Waals surface area contributed by atoms with Crippen LogP contribution in [0.1, 0.15) is 35.2 Å². The predicted molar refractivity (Wildman–Crippen MR) is 125 cm³/mol. The van der Waals surface area contributed by atoms with Gasteiger partial charge in [0, 0.05) is 44.6 Å². The number of hydrogen-bond donors (Lipinski definition) is 2. The number of hydrogen-bond acceptors (Lipinski definition) is 5. The van der Waals surface area contributed by atoms with Crippen molar-refractivity contribution in [3.63, 3.8) is 0 Å². The molecule has 2 aromatic carbocycles. The second-order valence-electron chi connectivity index (χ2n) is 8.50. The first-order valence-electron chi connectivity index (χ1n) is 11.3. The van der Waals surface area contributed by atoms with Crippen molar-refractivity contribution < 1.29 is 4.79 Å². The first kappa shape index (κ1) is 20.8. The number of carbonyl (C=O) groups is 1. The molecule has 0 saturated carbocycles. The van der Waals surface area contributed by atoms with Crippen molar-refractivity contribution in [2.75, 3.05) is 26.2 Å². The molecule has 3 heterocycles. The van der Waals surface area contributed by atoms with Crippen LogP contribution in [0.3, 0.4) is 0 Å². The summed E-state index contributed by atoms with van der Waals surface area (Å²) in [5, 5.41) is 0. The summed E-state index contributed by atoms with van der Waals surface area (Å²) in [5.41, 5.74) is 10.2. The third-order valence-electron chi connectivity index (χ3n) is 6.51. The number of amides is 1. The first-order valence-corrected chi connectivity index (χ1v) is 11.3. The highest BCUT2D eigenvalue weighted by Crippen LogP contribution is 2.30. The number of hydrazine groups is 1. The van der Waals surface area contributed by atoms with E-state index in [-0.39, 0.29) is 24.0 Å². The number of carbonyl (C=O) groups excluding carboxylic acids is 1. The lowest BCUT2D eigenvalue weighted by atomic mass is 9.96. The Morgan fingerprint density at radius 1 is 0.844 bits per heavy atom. The van der Waals surface area contributed by atoms with Gasteiger partial charge in [-0.05, 0) is 29.2 Å². The van der Waals surface area contributed by atoms with Gasteiger partial charge in [-0.15, -0.1) is 0 Å². The van der Waals surface area contributed by atoms with Crippen LogP contribution in [0.15, 0.2) is 85.2 Å². The Morgan fingerprint density at radius 3 is 2.09 bits per heavy atom. The van der Waals surface area contributed by atoms with E-state index in [1.54, 1.807) is 6.20 Å². The molecule has 6 heteroatoms. The Labute approximate surface area is 189 Å². The fourth-order valence-corrected chi connectivity index (χ4v) is 4.82. The number of nitrogens with one attached hydrogen (secondary N) is 2. The van der Waals surface area contributed by atoms with E-state index >= 15 is 0 Å². The molecular formula is C26H29N5O. The van der Waals surface area contributed by atoms with E-state index in [1.807, 2.05) is 23.2 Å². The van der Waals surface area contributed by atoms with Gasteiger partial charge in [0.25, 0.3) is 0 Å². The highest BCUT2D eigenvalue weighted by Gasteiger charge is 2.35. The van der Waals surface area contributed by atoms with E-state index < -0.39 is 0 Å². The average Bonchev–Trinajstić information content (AvgIpc) is 3.37. The van der Waals surface area contributed by atoms with E-state index in [1.165, 1.54) is 11.1 Å². The van der Waals surface area contributed by atoms with E-state index in [9.17, 15) is 4.79 Å². The second-order valence-corrected chi connectivity index (χ2v) is 8.50. The maximum Gasteiger partial charge on any atom is 0.241 e. The fourth-order valence-electron chi connectivity index (χ4n) is 4.82. The maximum absolute atomic E-state index is 13.2. The highest BCUT2D eigenvalue weighted by molar-refractivity contribution is 5.82. The van der Waals surface area contributed by atoms with Gasteiger partial charge in [-0.25, -0.2) is 10.9 Å². The summed E-state index contributed by atoms with van der Waals surface area (Å²) in [6.07, 6.45) is 4.37. The molecule has 2 aliphatic rings. The van der Waals surface area contributed by atoms with Gasteiger partial charge in [0.15, 0.2) is 0 Å². The molecule has 0 bridgehead atoms. The van der Waals surface area contributed by atoms with Gasteiger partial charge in [0.1, 0.15) is 6.04 Å². The molecular weight excluding hydrogens is 398 g/mol. The fraction of sp³-hybridized carbons (Fsp3) is 0.308. The standard InChI is InChI=1S/C26H29N5O/c32-26(24-18-23(28-29-24)22-12-7-13-27-19-22)31-16-14-30(15-17-31)25(20-8-3-1-4-9-20)21-10-5-2-6-11-21/h1-13,19,23-25,28-29H,14-18H2. The first-order chi connectivity index (χ1) is 15.8. The lowest BCUT2D eigenvalue weighted by Gasteiger charge is -2.40. The molecule has 2 unspecified atom stereocenters. The summed E-state index contributed by atoms with van der Waals surface area (Å²) in [6, 6.07) is 25.4. The lowest BCUT2D eigenvalue weighted by molar-refractivity contribution is -0.135. The van der Waals surface area contributed by atoms with E-state index in [2.05, 4.69) is 81.4 Å². The molecule has 2 atom stereocenters. The summed E-state index contributed by atoms with van der Waals surface area (Å²) in [6.45, 7) is 3.19. The van der Waals surface area contributed by atoms with E-state index in [0.717, 1.165) is 38.2 Å². The number of benzene rings is 2. The summed E-state index contributed by atoms with van der Waals surface area (Å²) < 4.78 is 0. The number of nitrogens with zero attached hydrogens (tertiary/aromatic N) is 3. The van der Waals surface area contributed by atoms with Gasteiger partial charge in [-0.1, -0.05) is 66.7 Å². The maximum atomic E-state index is 13.2. The van der Waals surface area contributed by atoms with E-state index in [4.69, 9.17) is 0 Å². The molecule has 5 rings (SSSR count). The SMILES string of the molecule is O=C(C1CC(c2cccnc2)NN1)N1CCN(C(c2ccccc2)c2ccccc2)CC1. The molecule has 2 saturated heterocycles. The lowest BCUT2D eigenvalue weighted by Crippen LogP contribution is -2.54. The van der Waals surface area contributed by atoms with Crippen LogP contribution in [-0.2, 0) is 4.79 Å². The molecule has 2 N–H and O–H groups in total. The molecule has 2 aliphatic heterocycles. The smallest absolute Gasteiger partial charge is 0.241 e. The van der Waals surface area contributed by atoms with Crippen LogP contribution in [0.25, 0.3) is 0 Å². The average molecular weight is 428 g/mol. The van der Waals surface area contributed by atoms with Crippen LogP contribution >= 0.6 is 0 Å². The zero-order valence-corrected chi connectivity index (χ0v) is 18.1. The topological polar surface area (TPSA) is 60.5 Å². The van der Waals surface area contributed by atoms with Gasteiger partial charge in [-0.3, -0.25) is 14.7 Å². The van der Waals surface area contributed by atoms with Gasteiger partial charge in [0.2, 0.25) is 5.91 Å². The van der Waals surface area contributed by atoms with Crippen LogP contribution in [0.2, 0.25) is 0 Å². The Hall–Kier alpha value is -3.06. The molecule has 0 radical (unpaired) electrons. The quantitative estimate of drug-likeness (QED) is 0.656. The molecule has 32 heavy (non-hydrogen) atoms. The molecule has 0 aliphatic carbocycles. The minimum Gasteiger partial charge on any atom is -0.339 e. The predicted octanol–water partition coefficient (Wildman–Crippen LogP) is 2.92. The molecule has 1 amide bonds. The normalized spacial score (nSPS) is 21.7. The van der Waals surface area contributed by atoms with Crippen molar-refractivity contribution >= 4 is 5.91 Å². The minimum atomic E-state index is -0.203. The summed E-state index contributed by atoms with van der Waals surface area (Å²) in [4.78, 5) is 21.9. The number of piperazine rings is 1. The number of aromatic nitrogens is 1. The number of pyridine rings is 1. The monoisotopic (exact) mass is 427 g/mol. The Balaban J connectivity index is 1.24.